The zero-order chi connectivity index (χ0) is 22.9. The number of amides is 1. The molecule has 9 heteroatoms. The van der Waals surface area contributed by atoms with Crippen molar-refractivity contribution in [1.29, 1.82) is 5.26 Å². The normalized spacial score (nSPS) is 10.0. The van der Waals surface area contributed by atoms with Crippen molar-refractivity contribution in [1.82, 2.24) is 10.3 Å². The van der Waals surface area contributed by atoms with Gasteiger partial charge in [0.05, 0.1) is 18.7 Å². The fourth-order valence-electron chi connectivity index (χ4n) is 2.62. The van der Waals surface area contributed by atoms with Crippen LogP contribution in [0.2, 0.25) is 0 Å². The molecule has 0 aliphatic rings. The Morgan fingerprint density at radius 1 is 1.12 bits per heavy atom. The summed E-state index contributed by atoms with van der Waals surface area (Å²) in [5.74, 6) is -1.16. The molecule has 0 atom stereocenters. The smallest absolute Gasteiger partial charge is 0.343 e. The molecule has 1 heterocycles. The number of rotatable bonds is 8. The number of halogens is 1. The predicted octanol–water partition coefficient (Wildman–Crippen LogP) is 3.37. The number of carbonyl (C=O) groups excluding carboxylic acids is 2. The molecular weight excluding hydrogens is 417 g/mol. The van der Waals surface area contributed by atoms with Gasteiger partial charge in [-0.25, -0.2) is 14.2 Å². The molecule has 1 aromatic heterocycles. The molecule has 0 aliphatic heterocycles. The molecule has 162 valence electrons. The topological polar surface area (TPSA) is 111 Å². The summed E-state index contributed by atoms with van der Waals surface area (Å²) in [5, 5.41) is 11.6. The lowest BCUT2D eigenvalue weighted by Gasteiger charge is -2.11. The van der Waals surface area contributed by atoms with Crippen LogP contribution >= 0.6 is 0 Å². The number of nitrogens with one attached hydrogen (secondary N) is 1. The fourth-order valence-corrected chi connectivity index (χ4v) is 2.62. The van der Waals surface area contributed by atoms with E-state index < -0.39 is 17.7 Å². The molecule has 32 heavy (non-hydrogen) atoms. The highest BCUT2D eigenvalue weighted by Gasteiger charge is 2.15. The molecular formula is C23H18FN3O5. The highest BCUT2D eigenvalue weighted by Crippen LogP contribution is 2.24. The van der Waals surface area contributed by atoms with Gasteiger partial charge in [-0.3, -0.25) is 4.79 Å². The number of carbonyl (C=O) groups is 2. The molecule has 0 aliphatic carbocycles. The molecule has 0 saturated heterocycles. The Labute approximate surface area is 183 Å². The number of esters is 1. The first-order valence-electron chi connectivity index (χ1n) is 9.39. The molecule has 0 saturated carbocycles. The van der Waals surface area contributed by atoms with Crippen molar-refractivity contribution < 1.29 is 28.2 Å². The summed E-state index contributed by atoms with van der Waals surface area (Å²) < 4.78 is 29.6. The van der Waals surface area contributed by atoms with Gasteiger partial charge in [-0.1, -0.05) is 12.1 Å². The summed E-state index contributed by atoms with van der Waals surface area (Å²) in [6.07, 6.45) is 1.47. The Morgan fingerprint density at radius 3 is 2.72 bits per heavy atom. The summed E-state index contributed by atoms with van der Waals surface area (Å²) in [7, 11) is 1.22. The van der Waals surface area contributed by atoms with Gasteiger partial charge < -0.3 is 19.5 Å². The number of nitriles is 1. The van der Waals surface area contributed by atoms with Gasteiger partial charge in [0.2, 0.25) is 5.88 Å². The van der Waals surface area contributed by atoms with Crippen LogP contribution in [0.15, 0.2) is 60.8 Å². The zero-order valence-electron chi connectivity index (χ0n) is 17.0. The molecule has 3 aromatic rings. The summed E-state index contributed by atoms with van der Waals surface area (Å²) in [6, 6.07) is 15.6. The average molecular weight is 435 g/mol. The highest BCUT2D eigenvalue weighted by molar-refractivity contribution is 5.96. The first kappa shape index (κ1) is 22.2. The summed E-state index contributed by atoms with van der Waals surface area (Å²) >= 11 is 0. The quantitative estimate of drug-likeness (QED) is 0.540. The lowest BCUT2D eigenvalue weighted by molar-refractivity contribution is -0.142. The van der Waals surface area contributed by atoms with Gasteiger partial charge in [0.15, 0.2) is 6.61 Å². The van der Waals surface area contributed by atoms with Crippen LogP contribution in [-0.4, -0.2) is 30.6 Å². The van der Waals surface area contributed by atoms with E-state index in [1.165, 1.54) is 37.6 Å². The van der Waals surface area contributed by atoms with Gasteiger partial charge in [0, 0.05) is 24.4 Å². The van der Waals surface area contributed by atoms with Gasteiger partial charge in [0.25, 0.3) is 5.91 Å². The number of methoxy groups -OCH3 is 1. The third-order valence-corrected chi connectivity index (χ3v) is 4.24. The van der Waals surface area contributed by atoms with Crippen molar-refractivity contribution >= 4 is 11.9 Å². The molecule has 8 nitrogen and oxygen atoms in total. The summed E-state index contributed by atoms with van der Waals surface area (Å²) in [6.45, 7) is -0.437. The van der Waals surface area contributed by atoms with Gasteiger partial charge in [-0.15, -0.1) is 0 Å². The Hall–Kier alpha value is -4.45. The third-order valence-electron chi connectivity index (χ3n) is 4.24. The van der Waals surface area contributed by atoms with Crippen LogP contribution in [0.4, 0.5) is 4.39 Å². The number of aromatic nitrogens is 1. The molecule has 0 bridgehead atoms. The minimum atomic E-state index is -0.608. The molecule has 2 aromatic carbocycles. The Kier molecular flexibility index (Phi) is 7.33. The van der Waals surface area contributed by atoms with E-state index >= 15 is 0 Å². The Morgan fingerprint density at radius 2 is 1.97 bits per heavy atom. The Balaban J connectivity index is 1.66. The maximum Gasteiger partial charge on any atom is 0.343 e. The van der Waals surface area contributed by atoms with E-state index in [-0.39, 0.29) is 35.9 Å². The third kappa shape index (κ3) is 5.79. The van der Waals surface area contributed by atoms with E-state index in [1.807, 2.05) is 6.07 Å². The van der Waals surface area contributed by atoms with Gasteiger partial charge in [-0.2, -0.15) is 5.26 Å². The number of pyridine rings is 1. The molecule has 0 radical (unpaired) electrons. The van der Waals surface area contributed by atoms with Crippen molar-refractivity contribution in [2.24, 2.45) is 0 Å². The minimum absolute atomic E-state index is 0.0483. The first-order chi connectivity index (χ1) is 15.5. The molecule has 1 N–H and O–H groups in total. The maximum absolute atomic E-state index is 14.3. The van der Waals surface area contributed by atoms with E-state index in [4.69, 9.17) is 14.7 Å². The Bertz CT molecular complexity index is 1180. The van der Waals surface area contributed by atoms with Gasteiger partial charge in [-0.05, 0) is 36.4 Å². The van der Waals surface area contributed by atoms with Gasteiger partial charge >= 0.3 is 5.97 Å². The summed E-state index contributed by atoms with van der Waals surface area (Å²) in [5.41, 5.74) is 0.768. The van der Waals surface area contributed by atoms with Crippen molar-refractivity contribution in [2.75, 3.05) is 13.7 Å². The van der Waals surface area contributed by atoms with Crippen molar-refractivity contribution in [3.63, 3.8) is 0 Å². The van der Waals surface area contributed by atoms with Crippen molar-refractivity contribution in [3.8, 4) is 23.4 Å². The minimum Gasteiger partial charge on any atom is -0.482 e. The molecule has 1 amide bonds. The van der Waals surface area contributed by atoms with E-state index in [2.05, 4.69) is 15.0 Å². The zero-order valence-corrected chi connectivity index (χ0v) is 17.0. The number of benzene rings is 2. The number of hydrogen-bond acceptors (Lipinski definition) is 7. The standard InChI is InChI=1S/C23H18FN3O5/c1-30-21(28)14-31-17-8-7-16(20(24)11-17)13-27-22(29)19-6-3-9-26-23(19)32-18-5-2-4-15(10-18)12-25/h2-11H,13-14H2,1H3,(H,27,29). The summed E-state index contributed by atoms with van der Waals surface area (Å²) in [4.78, 5) is 27.8. The predicted molar refractivity (Wildman–Crippen MR) is 111 cm³/mol. The van der Waals surface area contributed by atoms with E-state index in [1.54, 1.807) is 24.3 Å². The lowest BCUT2D eigenvalue weighted by atomic mass is 10.2. The molecule has 0 unspecified atom stereocenters. The van der Waals surface area contributed by atoms with Gasteiger partial charge in [0.1, 0.15) is 22.9 Å². The largest absolute Gasteiger partial charge is 0.482 e. The second-order valence-corrected chi connectivity index (χ2v) is 6.40. The molecule has 3 rings (SSSR count). The van der Waals surface area contributed by atoms with Crippen LogP contribution in [0.5, 0.6) is 17.4 Å². The maximum atomic E-state index is 14.3. The first-order valence-corrected chi connectivity index (χ1v) is 9.39. The van der Waals surface area contributed by atoms with E-state index in [0.29, 0.717) is 11.3 Å². The van der Waals surface area contributed by atoms with Crippen LogP contribution in [-0.2, 0) is 16.1 Å². The van der Waals surface area contributed by atoms with Crippen LogP contribution in [0.25, 0.3) is 0 Å². The number of hydrogen-bond donors (Lipinski definition) is 1. The van der Waals surface area contributed by atoms with Crippen LogP contribution in [0, 0.1) is 17.1 Å². The highest BCUT2D eigenvalue weighted by atomic mass is 19.1. The molecule has 0 spiro atoms. The average Bonchev–Trinajstić information content (AvgIpc) is 2.82. The molecule has 0 fully saturated rings. The second-order valence-electron chi connectivity index (χ2n) is 6.40. The second kappa shape index (κ2) is 10.5. The van der Waals surface area contributed by atoms with E-state index in [9.17, 15) is 14.0 Å². The van der Waals surface area contributed by atoms with Crippen LogP contribution in [0.1, 0.15) is 21.5 Å². The van der Waals surface area contributed by atoms with Crippen LogP contribution < -0.4 is 14.8 Å². The van der Waals surface area contributed by atoms with E-state index in [0.717, 1.165) is 6.07 Å². The van der Waals surface area contributed by atoms with Crippen molar-refractivity contribution in [2.45, 2.75) is 6.54 Å². The number of ether oxygens (including phenoxy) is 3. The lowest BCUT2D eigenvalue weighted by Crippen LogP contribution is -2.24. The number of nitrogens with zero attached hydrogens (tertiary/aromatic N) is 2. The van der Waals surface area contributed by atoms with Crippen molar-refractivity contribution in [3.05, 3.63) is 83.3 Å². The SMILES string of the molecule is COC(=O)COc1ccc(CNC(=O)c2cccnc2Oc2cccc(C#N)c2)c(F)c1. The van der Waals surface area contributed by atoms with Crippen LogP contribution in [0.3, 0.4) is 0 Å². The fraction of sp³-hybridized carbons (Fsp3) is 0.130. The monoisotopic (exact) mass is 435 g/mol.